The Labute approximate surface area is 112 Å². The van der Waals surface area contributed by atoms with Gasteiger partial charge in [-0.3, -0.25) is 9.48 Å². The Bertz CT molecular complexity index is 461. The highest BCUT2D eigenvalue weighted by Crippen LogP contribution is 2.29. The molecule has 18 heavy (non-hydrogen) atoms. The van der Waals surface area contributed by atoms with Crippen LogP contribution in [0.1, 0.15) is 43.5 Å². The zero-order chi connectivity index (χ0) is 13.3. The molecule has 2 rings (SSSR count). The highest BCUT2D eigenvalue weighted by Gasteiger charge is 2.35. The van der Waals surface area contributed by atoms with E-state index in [0.29, 0.717) is 5.02 Å². The molecule has 0 bridgehead atoms. The molecule has 0 saturated heterocycles. The number of carbonyl (C=O) groups is 1. The zero-order valence-electron chi connectivity index (χ0n) is 11.0. The van der Waals surface area contributed by atoms with Crippen LogP contribution in [0.25, 0.3) is 0 Å². The maximum Gasteiger partial charge on any atom is 0.158 e. The lowest BCUT2D eigenvalue weighted by atomic mass is 9.78. The zero-order valence-corrected chi connectivity index (χ0v) is 11.8. The van der Waals surface area contributed by atoms with Crippen LogP contribution >= 0.6 is 11.6 Å². The first-order valence-corrected chi connectivity index (χ1v) is 6.82. The summed E-state index contributed by atoms with van der Waals surface area (Å²) in [4.78, 5) is 12.4. The summed E-state index contributed by atoms with van der Waals surface area (Å²) in [6.45, 7) is 1.84. The van der Waals surface area contributed by atoms with Crippen LogP contribution in [-0.2, 0) is 18.3 Å². The first-order chi connectivity index (χ1) is 8.44. The summed E-state index contributed by atoms with van der Waals surface area (Å²) in [5, 5.41) is 4.81. The summed E-state index contributed by atoms with van der Waals surface area (Å²) in [5.74, 6) is 0.0899. The normalized spacial score (nSPS) is 18.9. The first-order valence-electron chi connectivity index (χ1n) is 6.44. The molecule has 1 aliphatic carbocycles. The predicted octanol–water partition coefficient (Wildman–Crippen LogP) is 2.16. The van der Waals surface area contributed by atoms with Crippen LogP contribution < -0.4 is 5.73 Å². The van der Waals surface area contributed by atoms with Gasteiger partial charge in [-0.15, -0.1) is 0 Å². The van der Waals surface area contributed by atoms with Gasteiger partial charge in [-0.05, 0) is 19.8 Å². The number of aryl methyl sites for hydroxylation is 2. The van der Waals surface area contributed by atoms with Gasteiger partial charge in [0.1, 0.15) is 0 Å². The lowest BCUT2D eigenvalue weighted by Gasteiger charge is -2.31. The van der Waals surface area contributed by atoms with E-state index in [1.165, 1.54) is 6.42 Å². The number of Topliss-reactive ketones (excluding diaryl/α,β-unsaturated/α-hetero) is 1. The van der Waals surface area contributed by atoms with Crippen molar-refractivity contribution in [3.05, 3.63) is 16.4 Å². The summed E-state index contributed by atoms with van der Waals surface area (Å²) in [7, 11) is 1.81. The smallest absolute Gasteiger partial charge is 0.158 e. The number of carbonyl (C=O) groups excluding carboxylic acids is 1. The second kappa shape index (κ2) is 5.02. The van der Waals surface area contributed by atoms with E-state index in [1.807, 2.05) is 14.0 Å². The summed E-state index contributed by atoms with van der Waals surface area (Å²) in [6, 6.07) is 0. The van der Waals surface area contributed by atoms with E-state index in [2.05, 4.69) is 5.10 Å². The molecule has 0 amide bonds. The molecular weight excluding hydrogens is 250 g/mol. The van der Waals surface area contributed by atoms with Gasteiger partial charge in [0.15, 0.2) is 5.78 Å². The van der Waals surface area contributed by atoms with Gasteiger partial charge in [-0.25, -0.2) is 0 Å². The van der Waals surface area contributed by atoms with Gasteiger partial charge in [0.2, 0.25) is 0 Å². The minimum atomic E-state index is -0.653. The van der Waals surface area contributed by atoms with Crippen LogP contribution in [0, 0.1) is 6.92 Å². The fraction of sp³-hybridized carbons (Fsp3) is 0.692. The van der Waals surface area contributed by atoms with E-state index in [-0.39, 0.29) is 12.2 Å². The van der Waals surface area contributed by atoms with Crippen molar-refractivity contribution in [2.45, 2.75) is 51.0 Å². The molecule has 0 unspecified atom stereocenters. The van der Waals surface area contributed by atoms with Gasteiger partial charge in [-0.1, -0.05) is 30.9 Å². The van der Waals surface area contributed by atoms with E-state index in [9.17, 15) is 4.79 Å². The number of rotatable bonds is 3. The van der Waals surface area contributed by atoms with E-state index in [1.54, 1.807) is 4.68 Å². The summed E-state index contributed by atoms with van der Waals surface area (Å²) < 4.78 is 1.68. The standard InChI is InChI=1S/C13H20ClN3O/c1-9-12(14)10(17(2)16-9)8-11(18)13(15)6-4-3-5-7-13/h3-8,15H2,1-2H3. The van der Waals surface area contributed by atoms with Crippen molar-refractivity contribution in [3.63, 3.8) is 0 Å². The van der Waals surface area contributed by atoms with Crippen molar-refractivity contribution in [2.24, 2.45) is 12.8 Å². The van der Waals surface area contributed by atoms with Crippen LogP contribution in [0.5, 0.6) is 0 Å². The van der Waals surface area contributed by atoms with Crippen molar-refractivity contribution in [2.75, 3.05) is 0 Å². The Morgan fingerprint density at radius 2 is 2.06 bits per heavy atom. The summed E-state index contributed by atoms with van der Waals surface area (Å²) in [5.41, 5.74) is 7.12. The molecule has 4 nitrogen and oxygen atoms in total. The molecule has 100 valence electrons. The molecule has 1 heterocycles. The number of nitrogens with zero attached hydrogens (tertiary/aromatic N) is 2. The van der Waals surface area contributed by atoms with E-state index < -0.39 is 5.54 Å². The Kier molecular flexibility index (Phi) is 3.78. The molecule has 1 fully saturated rings. The van der Waals surface area contributed by atoms with Gasteiger partial charge in [0.05, 0.1) is 28.4 Å². The topological polar surface area (TPSA) is 60.9 Å². The molecule has 2 N–H and O–H groups in total. The molecule has 0 spiro atoms. The third kappa shape index (κ3) is 2.45. The molecule has 1 aliphatic rings. The average molecular weight is 270 g/mol. The maximum atomic E-state index is 12.4. The monoisotopic (exact) mass is 269 g/mol. The number of halogens is 1. The summed E-state index contributed by atoms with van der Waals surface area (Å²) >= 11 is 6.17. The average Bonchev–Trinajstić information content (AvgIpc) is 2.57. The third-order valence-electron chi connectivity index (χ3n) is 3.89. The molecule has 1 aromatic rings. The van der Waals surface area contributed by atoms with Crippen LogP contribution in [0.4, 0.5) is 0 Å². The van der Waals surface area contributed by atoms with E-state index >= 15 is 0 Å². The Morgan fingerprint density at radius 1 is 1.44 bits per heavy atom. The third-order valence-corrected chi connectivity index (χ3v) is 4.38. The van der Waals surface area contributed by atoms with Crippen molar-refractivity contribution < 1.29 is 4.79 Å². The molecule has 0 radical (unpaired) electrons. The van der Waals surface area contributed by atoms with Gasteiger partial charge >= 0.3 is 0 Å². The molecular formula is C13H20ClN3O. The number of aromatic nitrogens is 2. The van der Waals surface area contributed by atoms with Crippen molar-refractivity contribution in [3.8, 4) is 0 Å². The Morgan fingerprint density at radius 3 is 2.56 bits per heavy atom. The van der Waals surface area contributed by atoms with Crippen LogP contribution in [-0.4, -0.2) is 21.1 Å². The summed E-state index contributed by atoms with van der Waals surface area (Å²) in [6.07, 6.45) is 5.13. The van der Waals surface area contributed by atoms with Crippen molar-refractivity contribution >= 4 is 17.4 Å². The SMILES string of the molecule is Cc1nn(C)c(CC(=O)C2(N)CCCCC2)c1Cl. The molecule has 1 aromatic heterocycles. The second-order valence-electron chi connectivity index (χ2n) is 5.29. The van der Waals surface area contributed by atoms with Crippen LogP contribution in [0.15, 0.2) is 0 Å². The van der Waals surface area contributed by atoms with Gasteiger partial charge in [-0.2, -0.15) is 5.10 Å². The van der Waals surface area contributed by atoms with Crippen molar-refractivity contribution in [1.29, 1.82) is 0 Å². The van der Waals surface area contributed by atoms with Crippen molar-refractivity contribution in [1.82, 2.24) is 9.78 Å². The molecule has 0 aliphatic heterocycles. The van der Waals surface area contributed by atoms with Crippen LogP contribution in [0.2, 0.25) is 5.02 Å². The fourth-order valence-electron chi connectivity index (χ4n) is 2.66. The van der Waals surface area contributed by atoms with E-state index in [4.69, 9.17) is 17.3 Å². The molecule has 5 heteroatoms. The lowest BCUT2D eigenvalue weighted by molar-refractivity contribution is -0.124. The minimum absolute atomic E-state index is 0.0899. The molecule has 0 atom stereocenters. The van der Waals surface area contributed by atoms with Gasteiger partial charge < -0.3 is 5.73 Å². The van der Waals surface area contributed by atoms with E-state index in [0.717, 1.165) is 37.1 Å². The Hall–Kier alpha value is -0.870. The van der Waals surface area contributed by atoms with Gasteiger partial charge in [0, 0.05) is 7.05 Å². The second-order valence-corrected chi connectivity index (χ2v) is 5.66. The largest absolute Gasteiger partial charge is 0.319 e. The highest BCUT2D eigenvalue weighted by atomic mass is 35.5. The quantitative estimate of drug-likeness (QED) is 0.915. The first kappa shape index (κ1) is 13.6. The lowest BCUT2D eigenvalue weighted by Crippen LogP contribution is -2.50. The number of hydrogen-bond acceptors (Lipinski definition) is 3. The maximum absolute atomic E-state index is 12.4. The fourth-order valence-corrected chi connectivity index (χ4v) is 2.89. The number of hydrogen-bond donors (Lipinski definition) is 1. The van der Waals surface area contributed by atoms with Gasteiger partial charge in [0.25, 0.3) is 0 Å². The highest BCUT2D eigenvalue weighted by molar-refractivity contribution is 6.32. The minimum Gasteiger partial charge on any atom is -0.319 e. The van der Waals surface area contributed by atoms with Crippen LogP contribution in [0.3, 0.4) is 0 Å². The number of ketones is 1. The Balaban J connectivity index is 2.16. The predicted molar refractivity (Wildman–Crippen MR) is 71.7 cm³/mol. The molecule has 0 aromatic carbocycles. The molecule has 1 saturated carbocycles. The number of nitrogens with two attached hydrogens (primary N) is 1.